The Bertz CT molecular complexity index is 495. The zero-order chi connectivity index (χ0) is 13.6. The van der Waals surface area contributed by atoms with Crippen LogP contribution in [0, 0.1) is 0 Å². The molecule has 0 spiro atoms. The highest BCUT2D eigenvalue weighted by Gasteiger charge is 2.05. The van der Waals surface area contributed by atoms with E-state index in [1.807, 2.05) is 24.3 Å². The van der Waals surface area contributed by atoms with E-state index in [9.17, 15) is 13.2 Å². The lowest BCUT2D eigenvalue weighted by atomic mass is 10.1. The van der Waals surface area contributed by atoms with Gasteiger partial charge in [-0.25, -0.2) is 13.1 Å². The fourth-order valence-corrected chi connectivity index (χ4v) is 1.87. The van der Waals surface area contributed by atoms with E-state index in [0.29, 0.717) is 0 Å². The molecule has 0 radical (unpaired) electrons. The van der Waals surface area contributed by atoms with Crippen LogP contribution in [-0.4, -0.2) is 27.1 Å². The van der Waals surface area contributed by atoms with Crippen molar-refractivity contribution in [3.63, 3.8) is 0 Å². The Balaban J connectivity index is 2.39. The Hall–Kier alpha value is -1.40. The minimum absolute atomic E-state index is 0.109. The normalized spacial score (nSPS) is 11.2. The molecule has 1 rings (SSSR count). The summed E-state index contributed by atoms with van der Waals surface area (Å²) in [4.78, 5) is 11.5. The lowest BCUT2D eigenvalue weighted by Gasteiger charge is -2.06. The molecule has 0 bridgehead atoms. The number of aryl methyl sites for hydroxylation is 1. The molecule has 2 N–H and O–H groups in total. The van der Waals surface area contributed by atoms with Crippen LogP contribution in [0.5, 0.6) is 0 Å². The van der Waals surface area contributed by atoms with Gasteiger partial charge in [0.25, 0.3) is 0 Å². The monoisotopic (exact) mass is 270 g/mol. The van der Waals surface area contributed by atoms with Crippen molar-refractivity contribution in [2.45, 2.75) is 19.8 Å². The Morgan fingerprint density at radius 2 is 1.83 bits per heavy atom. The van der Waals surface area contributed by atoms with E-state index in [-0.39, 0.29) is 18.9 Å². The summed E-state index contributed by atoms with van der Waals surface area (Å²) in [6, 6.07) is 7.57. The number of benzene rings is 1. The zero-order valence-corrected chi connectivity index (χ0v) is 11.4. The molecule has 0 heterocycles. The number of rotatable bonds is 6. The number of carbonyl (C=O) groups is 1. The highest BCUT2D eigenvalue weighted by atomic mass is 32.2. The maximum absolute atomic E-state index is 11.5. The first kappa shape index (κ1) is 14.7. The summed E-state index contributed by atoms with van der Waals surface area (Å²) in [6.07, 6.45) is 2.13. The van der Waals surface area contributed by atoms with Gasteiger partial charge in [-0.05, 0) is 24.1 Å². The molecular weight excluding hydrogens is 252 g/mol. The number of amides is 1. The van der Waals surface area contributed by atoms with Gasteiger partial charge in [-0.3, -0.25) is 4.79 Å². The summed E-state index contributed by atoms with van der Waals surface area (Å²) < 4.78 is 23.9. The van der Waals surface area contributed by atoms with Crippen LogP contribution < -0.4 is 10.0 Å². The molecular formula is C12H18N2O3S. The first-order valence-corrected chi connectivity index (χ1v) is 7.63. The summed E-state index contributed by atoms with van der Waals surface area (Å²) in [6.45, 7) is 2.17. The molecule has 0 fully saturated rings. The topological polar surface area (TPSA) is 75.3 Å². The van der Waals surface area contributed by atoms with Crippen LogP contribution in [-0.2, 0) is 21.2 Å². The Kier molecular flexibility index (Phi) is 5.30. The Morgan fingerprint density at radius 3 is 2.33 bits per heavy atom. The third-order valence-electron chi connectivity index (χ3n) is 2.36. The molecule has 0 aromatic heterocycles. The molecule has 0 aliphatic carbocycles. The lowest BCUT2D eigenvalue weighted by Crippen LogP contribution is -2.26. The summed E-state index contributed by atoms with van der Waals surface area (Å²) in [5.41, 5.74) is 1.92. The van der Waals surface area contributed by atoms with Crippen LogP contribution in [0.3, 0.4) is 0 Å². The number of nitrogens with one attached hydrogen (secondary N) is 2. The van der Waals surface area contributed by atoms with E-state index in [4.69, 9.17) is 0 Å². The standard InChI is InChI=1S/C12H18N2O3S/c1-3-10-4-6-11(7-5-10)14-12(15)8-9-13-18(2,16)17/h4-7,13H,3,8-9H2,1-2H3,(H,14,15). The Labute approximate surface area is 108 Å². The molecule has 6 heteroatoms. The van der Waals surface area contributed by atoms with Gasteiger partial charge in [0.05, 0.1) is 6.26 Å². The molecule has 1 aromatic rings. The van der Waals surface area contributed by atoms with Crippen molar-refractivity contribution in [1.82, 2.24) is 4.72 Å². The van der Waals surface area contributed by atoms with Gasteiger partial charge < -0.3 is 5.32 Å². The highest BCUT2D eigenvalue weighted by molar-refractivity contribution is 7.88. The average molecular weight is 270 g/mol. The maximum atomic E-state index is 11.5. The van der Waals surface area contributed by atoms with Gasteiger partial charge in [-0.2, -0.15) is 0 Å². The van der Waals surface area contributed by atoms with E-state index >= 15 is 0 Å². The molecule has 0 saturated carbocycles. The highest BCUT2D eigenvalue weighted by Crippen LogP contribution is 2.10. The van der Waals surface area contributed by atoms with E-state index in [2.05, 4.69) is 17.0 Å². The van der Waals surface area contributed by atoms with Crippen molar-refractivity contribution in [3.8, 4) is 0 Å². The van der Waals surface area contributed by atoms with Gasteiger partial charge in [0.2, 0.25) is 15.9 Å². The van der Waals surface area contributed by atoms with E-state index in [1.165, 1.54) is 5.56 Å². The minimum atomic E-state index is -3.23. The molecule has 100 valence electrons. The summed E-state index contributed by atoms with van der Waals surface area (Å²) in [7, 11) is -3.23. The van der Waals surface area contributed by atoms with Crippen LogP contribution in [0.1, 0.15) is 18.9 Å². The predicted molar refractivity (Wildman–Crippen MR) is 71.9 cm³/mol. The smallest absolute Gasteiger partial charge is 0.225 e. The number of hydrogen-bond donors (Lipinski definition) is 2. The first-order chi connectivity index (χ1) is 8.40. The van der Waals surface area contributed by atoms with Gasteiger partial charge in [-0.15, -0.1) is 0 Å². The molecule has 1 aromatic carbocycles. The quantitative estimate of drug-likeness (QED) is 0.813. The molecule has 5 nitrogen and oxygen atoms in total. The summed E-state index contributed by atoms with van der Waals surface area (Å²) in [5, 5.41) is 2.71. The number of carbonyl (C=O) groups excluding carboxylic acids is 1. The van der Waals surface area contributed by atoms with Crippen molar-refractivity contribution >= 4 is 21.6 Å². The second kappa shape index (κ2) is 6.51. The number of sulfonamides is 1. The van der Waals surface area contributed by atoms with Gasteiger partial charge in [0, 0.05) is 18.7 Å². The minimum Gasteiger partial charge on any atom is -0.326 e. The van der Waals surface area contributed by atoms with Crippen molar-refractivity contribution in [2.75, 3.05) is 18.1 Å². The second-order valence-corrected chi connectivity index (χ2v) is 5.85. The third kappa shape index (κ3) is 5.79. The molecule has 1 amide bonds. The van der Waals surface area contributed by atoms with Crippen molar-refractivity contribution in [3.05, 3.63) is 29.8 Å². The van der Waals surface area contributed by atoms with Crippen LogP contribution in [0.25, 0.3) is 0 Å². The number of anilines is 1. The maximum Gasteiger partial charge on any atom is 0.225 e. The summed E-state index contributed by atoms with van der Waals surface area (Å²) in [5.74, 6) is -0.213. The molecule has 0 saturated heterocycles. The Morgan fingerprint density at radius 1 is 1.22 bits per heavy atom. The van der Waals surface area contributed by atoms with E-state index < -0.39 is 10.0 Å². The second-order valence-electron chi connectivity index (χ2n) is 4.02. The van der Waals surface area contributed by atoms with E-state index in [1.54, 1.807) is 0 Å². The molecule has 0 aliphatic heterocycles. The van der Waals surface area contributed by atoms with Gasteiger partial charge >= 0.3 is 0 Å². The molecule has 0 aliphatic rings. The van der Waals surface area contributed by atoms with Crippen molar-refractivity contribution < 1.29 is 13.2 Å². The van der Waals surface area contributed by atoms with Crippen LogP contribution in [0.15, 0.2) is 24.3 Å². The SMILES string of the molecule is CCc1ccc(NC(=O)CCNS(C)(=O)=O)cc1. The van der Waals surface area contributed by atoms with Gasteiger partial charge in [0.1, 0.15) is 0 Å². The first-order valence-electron chi connectivity index (χ1n) is 5.74. The molecule has 0 unspecified atom stereocenters. The lowest BCUT2D eigenvalue weighted by molar-refractivity contribution is -0.116. The molecule has 18 heavy (non-hydrogen) atoms. The van der Waals surface area contributed by atoms with Crippen molar-refractivity contribution in [1.29, 1.82) is 0 Å². The van der Waals surface area contributed by atoms with E-state index in [0.717, 1.165) is 18.4 Å². The van der Waals surface area contributed by atoms with Crippen LogP contribution >= 0.6 is 0 Å². The fourth-order valence-electron chi connectivity index (χ4n) is 1.40. The zero-order valence-electron chi connectivity index (χ0n) is 10.6. The van der Waals surface area contributed by atoms with Gasteiger partial charge in [0.15, 0.2) is 0 Å². The largest absolute Gasteiger partial charge is 0.326 e. The van der Waals surface area contributed by atoms with Crippen molar-refractivity contribution in [2.24, 2.45) is 0 Å². The van der Waals surface area contributed by atoms with Gasteiger partial charge in [-0.1, -0.05) is 19.1 Å². The average Bonchev–Trinajstić information content (AvgIpc) is 2.28. The molecule has 0 atom stereocenters. The predicted octanol–water partition coefficient (Wildman–Crippen LogP) is 1.13. The summed E-state index contributed by atoms with van der Waals surface area (Å²) >= 11 is 0. The van der Waals surface area contributed by atoms with Crippen LogP contribution in [0.2, 0.25) is 0 Å². The number of hydrogen-bond acceptors (Lipinski definition) is 3. The third-order valence-corrected chi connectivity index (χ3v) is 3.09. The van der Waals surface area contributed by atoms with Crippen LogP contribution in [0.4, 0.5) is 5.69 Å². The fraction of sp³-hybridized carbons (Fsp3) is 0.417.